The molecule has 1 N–H and O–H groups in total. The van der Waals surface area contributed by atoms with Gasteiger partial charge in [-0.25, -0.2) is 4.79 Å². The van der Waals surface area contributed by atoms with Crippen LogP contribution in [0.25, 0.3) is 0 Å². The van der Waals surface area contributed by atoms with E-state index in [9.17, 15) is 33.8 Å². The second kappa shape index (κ2) is 12.6. The molecule has 3 heterocycles. The monoisotopic (exact) mass is 698 g/mol. The Morgan fingerprint density at radius 3 is 2.29 bits per heavy atom. The van der Waals surface area contributed by atoms with Crippen molar-refractivity contribution in [1.29, 1.82) is 0 Å². The lowest BCUT2D eigenvalue weighted by Crippen LogP contribution is -2.54. The van der Waals surface area contributed by atoms with Crippen LogP contribution in [0.15, 0.2) is 84.0 Å². The lowest BCUT2D eigenvalue weighted by Gasteiger charge is -2.41. The average molecular weight is 699 g/mol. The van der Waals surface area contributed by atoms with E-state index in [-0.39, 0.29) is 49.5 Å². The predicted molar refractivity (Wildman–Crippen MR) is 167 cm³/mol. The molecule has 5 rings (SSSR count). The van der Waals surface area contributed by atoms with E-state index in [4.69, 9.17) is 14.2 Å². The number of carbonyl (C=O) groups excluding carboxylic acids is 3. The molecule has 0 radical (unpaired) electrons. The molecule has 2 aromatic carbocycles. The van der Waals surface area contributed by atoms with E-state index in [0.717, 1.165) is 9.80 Å². The third-order valence-electron chi connectivity index (χ3n) is 8.22. The van der Waals surface area contributed by atoms with Crippen LogP contribution < -0.4 is 10.2 Å². The number of ether oxygens (including phenoxy) is 3. The minimum Gasteiger partial charge on any atom is -0.445 e. The number of hydrogen-bond donors (Lipinski definition) is 1. The molecule has 1 aromatic heterocycles. The third-order valence-corrected chi connectivity index (χ3v) is 9.38. The predicted octanol–water partition coefficient (Wildman–Crippen LogP) is 6.39. The molecule has 16 heteroatoms. The van der Waals surface area contributed by atoms with E-state index in [1.54, 1.807) is 30.3 Å². The summed E-state index contributed by atoms with van der Waals surface area (Å²) < 4.78 is 84.6. The van der Waals surface area contributed by atoms with Gasteiger partial charge in [-0.3, -0.25) is 24.4 Å². The van der Waals surface area contributed by atoms with Gasteiger partial charge in [0.05, 0.1) is 25.9 Å². The number of nitrogens with zero attached hydrogens (tertiary/aromatic N) is 3. The number of anilines is 1. The maximum atomic E-state index is 14.6. The van der Waals surface area contributed by atoms with Crippen LogP contribution in [-0.2, 0) is 30.4 Å². The highest BCUT2D eigenvalue weighted by Gasteiger charge is 2.65. The lowest BCUT2D eigenvalue weighted by molar-refractivity contribution is -0.131. The van der Waals surface area contributed by atoms with Crippen molar-refractivity contribution in [3.8, 4) is 0 Å². The molecule has 2 fully saturated rings. The van der Waals surface area contributed by atoms with Crippen molar-refractivity contribution < 1.29 is 48.0 Å². The molecule has 0 bridgehead atoms. The van der Waals surface area contributed by atoms with Gasteiger partial charge in [-0.2, -0.15) is 0 Å². The number of benzene rings is 2. The zero-order valence-electron chi connectivity index (χ0n) is 26.1. The summed E-state index contributed by atoms with van der Waals surface area (Å²) in [6.07, 6.45) is 1.18. The quantitative estimate of drug-likeness (QED) is 0.231. The smallest absolute Gasteiger partial charge is 0.410 e. The molecular weight excluding hydrogens is 663 g/mol. The molecule has 2 aliphatic rings. The zero-order valence-corrected chi connectivity index (χ0v) is 26.9. The van der Waals surface area contributed by atoms with Gasteiger partial charge < -0.3 is 19.5 Å². The van der Waals surface area contributed by atoms with E-state index >= 15 is 0 Å². The molecule has 2 aliphatic heterocycles. The molecule has 2 saturated heterocycles. The van der Waals surface area contributed by atoms with Crippen LogP contribution in [0.1, 0.15) is 30.5 Å². The lowest BCUT2D eigenvalue weighted by atomic mass is 9.88. The first kappa shape index (κ1) is 35.0. The van der Waals surface area contributed by atoms with Crippen LogP contribution in [0.5, 0.6) is 0 Å². The first-order chi connectivity index (χ1) is 22.5. The second-order valence-corrected chi connectivity index (χ2v) is 14.6. The van der Waals surface area contributed by atoms with Gasteiger partial charge in [0.15, 0.2) is 0 Å². The first-order valence-corrected chi connectivity index (χ1v) is 16.9. The van der Waals surface area contributed by atoms with E-state index in [2.05, 4.69) is 10.3 Å². The first-order valence-electron chi connectivity index (χ1n) is 14.9. The Kier molecular flexibility index (Phi) is 9.22. The van der Waals surface area contributed by atoms with Gasteiger partial charge in [0, 0.05) is 49.1 Å². The Morgan fingerprint density at radius 1 is 1.04 bits per heavy atom. The molecular formula is C32H35F5N4O6S. The minimum absolute atomic E-state index is 0.0490. The molecule has 0 spiro atoms. The number of aromatic nitrogens is 1. The molecule has 3 amide bonds. The zero-order chi connectivity index (χ0) is 34.8. The van der Waals surface area contributed by atoms with Gasteiger partial charge in [0.2, 0.25) is 5.91 Å². The van der Waals surface area contributed by atoms with Crippen molar-refractivity contribution in [2.75, 3.05) is 38.3 Å². The Labute approximate surface area is 273 Å². The highest BCUT2D eigenvalue weighted by atomic mass is 32.5. The molecule has 3 aromatic rings. The number of likely N-dealkylation sites (tertiary alicyclic amines) is 1. The Hall–Kier alpha value is -4.28. The molecule has 10 nitrogen and oxygen atoms in total. The summed E-state index contributed by atoms with van der Waals surface area (Å²) in [6, 6.07) is 10.7. The van der Waals surface area contributed by atoms with Crippen molar-refractivity contribution in [2.45, 2.75) is 43.0 Å². The number of amides is 3. The van der Waals surface area contributed by atoms with E-state index in [0.29, 0.717) is 30.9 Å². The van der Waals surface area contributed by atoms with E-state index < -0.39 is 56.6 Å². The molecule has 0 saturated carbocycles. The fraction of sp³-hybridized carbons (Fsp3) is 0.375. The Balaban J connectivity index is 1.55. The Bertz CT molecular complexity index is 1630. The summed E-state index contributed by atoms with van der Waals surface area (Å²) >= 11 is 0. The molecule has 260 valence electrons. The van der Waals surface area contributed by atoms with Gasteiger partial charge >= 0.3 is 16.3 Å². The number of hydrogen-bond acceptors (Lipinski definition) is 7. The van der Waals surface area contributed by atoms with Gasteiger partial charge in [0.1, 0.15) is 23.6 Å². The molecule has 1 unspecified atom stereocenters. The normalized spacial score (nSPS) is 20.9. The fourth-order valence-corrected chi connectivity index (χ4v) is 6.19. The number of halogens is 5. The summed E-state index contributed by atoms with van der Waals surface area (Å²) in [5.74, 6) is -1.60. The van der Waals surface area contributed by atoms with Crippen LogP contribution in [-0.4, -0.2) is 73.4 Å². The second-order valence-electron chi connectivity index (χ2n) is 12.2. The highest BCUT2D eigenvalue weighted by molar-refractivity contribution is 8.45. The summed E-state index contributed by atoms with van der Waals surface area (Å²) in [4.78, 5) is 45.9. The summed E-state index contributed by atoms with van der Waals surface area (Å²) in [6.45, 7) is 2.56. The van der Waals surface area contributed by atoms with Crippen LogP contribution >= 0.6 is 10.2 Å². The maximum absolute atomic E-state index is 14.6. The van der Waals surface area contributed by atoms with Gasteiger partial charge in [-0.1, -0.05) is 62.8 Å². The summed E-state index contributed by atoms with van der Waals surface area (Å²) in [5.41, 5.74) is 0.158. The number of rotatable bonds is 11. The number of pyridine rings is 1. The maximum Gasteiger partial charge on any atom is 0.410 e. The van der Waals surface area contributed by atoms with Crippen molar-refractivity contribution in [1.82, 2.24) is 15.2 Å². The minimum atomic E-state index is -10.1. The third kappa shape index (κ3) is 8.05. The molecule has 3 atom stereocenters. The van der Waals surface area contributed by atoms with Crippen molar-refractivity contribution in [2.24, 2.45) is 5.41 Å². The summed E-state index contributed by atoms with van der Waals surface area (Å²) in [5, 5.41) is 2.79. The van der Waals surface area contributed by atoms with E-state index in [1.165, 1.54) is 31.6 Å². The summed E-state index contributed by atoms with van der Waals surface area (Å²) in [7, 11) is -8.69. The number of nitrogens with one attached hydrogen (secondary N) is 1. The fourth-order valence-electron chi connectivity index (χ4n) is 5.54. The topological polar surface area (TPSA) is 110 Å². The Morgan fingerprint density at radius 2 is 1.73 bits per heavy atom. The van der Waals surface area contributed by atoms with Crippen LogP contribution in [0.4, 0.5) is 29.9 Å². The SMILES string of the molecule is CO[C@@H]1C[C@H](C(=O)N(c2ccc(S(F)(F)(F)(F)F)cc2)C(C(=O)NCC2(C)COC2)c2cccnc2)N(C(=O)OCc2ccccc2)C1. The van der Waals surface area contributed by atoms with Crippen molar-refractivity contribution in [3.05, 3.63) is 90.3 Å². The average Bonchev–Trinajstić information content (AvgIpc) is 3.49. The number of methoxy groups -OCH3 is 1. The van der Waals surface area contributed by atoms with Crippen molar-refractivity contribution in [3.63, 3.8) is 0 Å². The number of carbonyl (C=O) groups is 3. The standard InChI is InChI=1S/C32H35F5N4O6S/c1-32(20-46-21-32)19-39-29(42)28(23-9-6-14-38-16-23)41(24-10-12-26(13-11-24)48(33,34,35,36)37)30(43)27-15-25(45-2)17-40(27)31(44)47-18-22-7-4-3-5-8-22/h3-14,16,25,27-28H,15,17-21H2,1-2H3,(H,39,42)/t25-,27-,28?/m1/s1. The van der Waals surface area contributed by atoms with Crippen molar-refractivity contribution >= 4 is 33.8 Å². The molecule has 48 heavy (non-hydrogen) atoms. The van der Waals surface area contributed by atoms with E-state index in [1.807, 2.05) is 6.92 Å². The van der Waals surface area contributed by atoms with Crippen LogP contribution in [0, 0.1) is 5.41 Å². The van der Waals surface area contributed by atoms with Gasteiger partial charge in [0.25, 0.3) is 5.91 Å². The van der Waals surface area contributed by atoms with Gasteiger partial charge in [-0.15, -0.1) is 0 Å². The molecule has 0 aliphatic carbocycles. The van der Waals surface area contributed by atoms with Crippen LogP contribution in [0.2, 0.25) is 0 Å². The van der Waals surface area contributed by atoms with Crippen LogP contribution in [0.3, 0.4) is 0 Å². The highest BCUT2D eigenvalue weighted by Crippen LogP contribution is 3.02. The van der Waals surface area contributed by atoms with Gasteiger partial charge in [-0.05, 0) is 35.9 Å². The largest absolute Gasteiger partial charge is 0.445 e.